The molecule has 2 N–H and O–H groups in total. The minimum atomic E-state index is -0.534. The van der Waals surface area contributed by atoms with E-state index in [1.54, 1.807) is 11.9 Å². The molecule has 0 saturated carbocycles. The van der Waals surface area contributed by atoms with Gasteiger partial charge in [-0.05, 0) is 6.42 Å². The van der Waals surface area contributed by atoms with Gasteiger partial charge in [-0.3, -0.25) is 14.9 Å². The largest absolute Gasteiger partial charge is 0.357 e. The lowest BCUT2D eigenvalue weighted by Gasteiger charge is -2.34. The molecule has 1 aromatic heterocycles. The average Bonchev–Trinajstić information content (AvgIpc) is 2.46. The van der Waals surface area contributed by atoms with Crippen molar-refractivity contribution in [2.24, 2.45) is 0 Å². The van der Waals surface area contributed by atoms with E-state index in [2.05, 4.69) is 20.6 Å². The van der Waals surface area contributed by atoms with Gasteiger partial charge in [-0.2, -0.15) is 4.98 Å². The molecular formula is C11H16N6O3. The van der Waals surface area contributed by atoms with E-state index in [4.69, 9.17) is 0 Å². The first kappa shape index (κ1) is 14.0. The highest BCUT2D eigenvalue weighted by molar-refractivity contribution is 5.87. The predicted octanol–water partition coefficient (Wildman–Crippen LogP) is 0.141. The monoisotopic (exact) mass is 280 g/mol. The van der Waals surface area contributed by atoms with Gasteiger partial charge in [0.05, 0.1) is 4.92 Å². The summed E-state index contributed by atoms with van der Waals surface area (Å²) in [5.41, 5.74) is -0.197. The quantitative estimate of drug-likeness (QED) is 0.595. The minimum absolute atomic E-state index is 0.141. The molecule has 2 rings (SSSR count). The lowest BCUT2D eigenvalue weighted by atomic mass is 10.1. The summed E-state index contributed by atoms with van der Waals surface area (Å²) in [5.74, 6) is 0.320. The minimum Gasteiger partial charge on any atom is -0.357 e. The first-order valence-electron chi connectivity index (χ1n) is 6.32. The number of rotatable bonds is 4. The molecular weight excluding hydrogens is 264 g/mol. The Hall–Kier alpha value is -2.45. The third-order valence-corrected chi connectivity index (χ3v) is 3.16. The van der Waals surface area contributed by atoms with Gasteiger partial charge in [0.2, 0.25) is 17.7 Å². The van der Waals surface area contributed by atoms with Gasteiger partial charge < -0.3 is 15.5 Å². The first-order chi connectivity index (χ1) is 9.58. The summed E-state index contributed by atoms with van der Waals surface area (Å²) >= 11 is 0. The van der Waals surface area contributed by atoms with Crippen molar-refractivity contribution in [2.45, 2.75) is 19.4 Å². The standard InChI is InChI=1S/C11H16N6O3/c1-3-7-10(18)13-4-5-16(7)9-8(17(19)20)6-14-11(12-2)15-9/h6-7H,3-5H2,1-2H3,(H,13,18)(H,12,14,15). The Morgan fingerprint density at radius 3 is 3.00 bits per heavy atom. The summed E-state index contributed by atoms with van der Waals surface area (Å²) in [7, 11) is 1.63. The fourth-order valence-corrected chi connectivity index (χ4v) is 2.20. The van der Waals surface area contributed by atoms with Crippen LogP contribution in [0.25, 0.3) is 0 Å². The summed E-state index contributed by atoms with van der Waals surface area (Å²) in [5, 5.41) is 16.6. The van der Waals surface area contributed by atoms with E-state index in [0.717, 1.165) is 6.20 Å². The van der Waals surface area contributed by atoms with Crippen molar-refractivity contribution in [3.63, 3.8) is 0 Å². The summed E-state index contributed by atoms with van der Waals surface area (Å²) < 4.78 is 0. The molecule has 108 valence electrons. The van der Waals surface area contributed by atoms with Gasteiger partial charge in [0.25, 0.3) is 0 Å². The second kappa shape index (κ2) is 5.68. The molecule has 0 aliphatic carbocycles. The number of nitrogens with zero attached hydrogens (tertiary/aromatic N) is 4. The van der Waals surface area contributed by atoms with Gasteiger partial charge in [-0.15, -0.1) is 0 Å². The second-order valence-corrected chi connectivity index (χ2v) is 4.32. The van der Waals surface area contributed by atoms with Crippen LogP contribution in [0, 0.1) is 10.1 Å². The smallest absolute Gasteiger partial charge is 0.329 e. The Labute approximate surface area is 115 Å². The third-order valence-electron chi connectivity index (χ3n) is 3.16. The Kier molecular flexibility index (Phi) is 3.97. The molecule has 0 spiro atoms. The van der Waals surface area contributed by atoms with Crippen LogP contribution >= 0.6 is 0 Å². The van der Waals surface area contributed by atoms with Gasteiger partial charge in [0, 0.05) is 20.1 Å². The number of nitrogens with one attached hydrogen (secondary N) is 2. The first-order valence-corrected chi connectivity index (χ1v) is 6.32. The van der Waals surface area contributed by atoms with E-state index in [0.29, 0.717) is 19.5 Å². The van der Waals surface area contributed by atoms with Crippen LogP contribution in [0.2, 0.25) is 0 Å². The van der Waals surface area contributed by atoms with E-state index in [1.807, 2.05) is 6.92 Å². The molecule has 1 aliphatic rings. The molecule has 0 bridgehead atoms. The molecule has 2 heterocycles. The topological polar surface area (TPSA) is 113 Å². The molecule has 1 aromatic rings. The average molecular weight is 280 g/mol. The van der Waals surface area contributed by atoms with Crippen molar-refractivity contribution in [3.8, 4) is 0 Å². The van der Waals surface area contributed by atoms with Gasteiger partial charge in [-0.25, -0.2) is 4.98 Å². The van der Waals surface area contributed by atoms with Crippen molar-refractivity contribution >= 4 is 23.4 Å². The summed E-state index contributed by atoms with van der Waals surface area (Å²) in [6.45, 7) is 2.77. The number of anilines is 2. The maximum Gasteiger partial charge on any atom is 0.329 e. The fraction of sp³-hybridized carbons (Fsp3) is 0.545. The number of nitro groups is 1. The molecule has 9 heteroatoms. The zero-order chi connectivity index (χ0) is 14.7. The molecule has 0 aromatic carbocycles. The maximum absolute atomic E-state index is 11.9. The summed E-state index contributed by atoms with van der Waals surface area (Å²) in [4.78, 5) is 32.1. The zero-order valence-corrected chi connectivity index (χ0v) is 11.3. The van der Waals surface area contributed by atoms with Crippen molar-refractivity contribution < 1.29 is 9.72 Å². The number of amides is 1. The molecule has 1 fully saturated rings. The molecule has 1 saturated heterocycles. The highest BCUT2D eigenvalue weighted by atomic mass is 16.6. The third kappa shape index (κ3) is 2.46. The summed E-state index contributed by atoms with van der Waals surface area (Å²) in [6.07, 6.45) is 1.70. The van der Waals surface area contributed by atoms with Gasteiger partial charge in [0.1, 0.15) is 12.2 Å². The summed E-state index contributed by atoms with van der Waals surface area (Å²) in [6, 6.07) is -0.456. The number of hydrogen-bond donors (Lipinski definition) is 2. The number of carbonyl (C=O) groups is 1. The Morgan fingerprint density at radius 1 is 1.65 bits per heavy atom. The van der Waals surface area contributed by atoms with Crippen LogP contribution in [0.4, 0.5) is 17.5 Å². The molecule has 1 aliphatic heterocycles. The molecule has 1 unspecified atom stereocenters. The van der Waals surface area contributed by atoms with Crippen LogP contribution in [0.5, 0.6) is 0 Å². The molecule has 20 heavy (non-hydrogen) atoms. The SMILES string of the molecule is CCC1C(=O)NCCN1c1nc(NC)ncc1[N+](=O)[O-]. The van der Waals surface area contributed by atoms with E-state index < -0.39 is 11.0 Å². The fourth-order valence-electron chi connectivity index (χ4n) is 2.20. The van der Waals surface area contributed by atoms with Crippen LogP contribution in [-0.2, 0) is 4.79 Å². The van der Waals surface area contributed by atoms with Crippen molar-refractivity contribution in [1.82, 2.24) is 15.3 Å². The van der Waals surface area contributed by atoms with Crippen molar-refractivity contribution in [1.29, 1.82) is 0 Å². The Bertz CT molecular complexity index is 535. The van der Waals surface area contributed by atoms with Crippen molar-refractivity contribution in [3.05, 3.63) is 16.3 Å². The van der Waals surface area contributed by atoms with E-state index in [9.17, 15) is 14.9 Å². The molecule has 0 radical (unpaired) electrons. The zero-order valence-electron chi connectivity index (χ0n) is 11.3. The lowest BCUT2D eigenvalue weighted by Crippen LogP contribution is -2.55. The van der Waals surface area contributed by atoms with E-state index >= 15 is 0 Å². The van der Waals surface area contributed by atoms with Gasteiger partial charge in [0.15, 0.2) is 0 Å². The number of piperazine rings is 1. The van der Waals surface area contributed by atoms with Crippen LogP contribution in [0.15, 0.2) is 6.20 Å². The maximum atomic E-state index is 11.9. The second-order valence-electron chi connectivity index (χ2n) is 4.32. The van der Waals surface area contributed by atoms with E-state index in [-0.39, 0.29) is 23.4 Å². The lowest BCUT2D eigenvalue weighted by molar-refractivity contribution is -0.384. The number of hydrogen-bond acceptors (Lipinski definition) is 7. The molecule has 1 atom stereocenters. The number of aromatic nitrogens is 2. The van der Waals surface area contributed by atoms with Crippen LogP contribution in [0.3, 0.4) is 0 Å². The molecule has 1 amide bonds. The van der Waals surface area contributed by atoms with E-state index in [1.165, 1.54) is 0 Å². The highest BCUT2D eigenvalue weighted by Crippen LogP contribution is 2.29. The van der Waals surface area contributed by atoms with Gasteiger partial charge >= 0.3 is 5.69 Å². The van der Waals surface area contributed by atoms with Crippen LogP contribution < -0.4 is 15.5 Å². The van der Waals surface area contributed by atoms with Crippen LogP contribution in [-0.4, -0.2) is 47.0 Å². The number of carbonyl (C=O) groups excluding carboxylic acids is 1. The Balaban J connectivity index is 2.47. The molecule has 9 nitrogen and oxygen atoms in total. The van der Waals surface area contributed by atoms with Crippen molar-refractivity contribution in [2.75, 3.05) is 30.4 Å². The van der Waals surface area contributed by atoms with Gasteiger partial charge in [-0.1, -0.05) is 6.92 Å². The normalized spacial score (nSPS) is 18.6. The highest BCUT2D eigenvalue weighted by Gasteiger charge is 2.33. The van der Waals surface area contributed by atoms with Crippen LogP contribution in [0.1, 0.15) is 13.3 Å². The Morgan fingerprint density at radius 2 is 2.40 bits per heavy atom. The predicted molar refractivity (Wildman–Crippen MR) is 72.7 cm³/mol.